The lowest BCUT2D eigenvalue weighted by Gasteiger charge is -2.22. The highest BCUT2D eigenvalue weighted by Crippen LogP contribution is 2.22. The number of aldehydes is 1. The summed E-state index contributed by atoms with van der Waals surface area (Å²) in [7, 11) is 2.03. The number of hydrogen-bond acceptors (Lipinski definition) is 2. The van der Waals surface area contributed by atoms with Gasteiger partial charge in [0.1, 0.15) is 0 Å². The molecule has 0 fully saturated rings. The van der Waals surface area contributed by atoms with Crippen molar-refractivity contribution in [2.45, 2.75) is 20.3 Å². The first-order chi connectivity index (χ1) is 7.54. The molecule has 1 aromatic rings. The Balaban J connectivity index is 2.81. The Morgan fingerprint density at radius 2 is 2.12 bits per heavy atom. The maximum absolute atomic E-state index is 11.0. The van der Waals surface area contributed by atoms with Gasteiger partial charge in [0, 0.05) is 29.3 Å². The molecule has 1 aromatic carbocycles. The van der Waals surface area contributed by atoms with Crippen LogP contribution in [0.4, 0.5) is 5.69 Å². The quantitative estimate of drug-likeness (QED) is 0.768. The van der Waals surface area contributed by atoms with Crippen LogP contribution in [-0.2, 0) is 0 Å². The van der Waals surface area contributed by atoms with Gasteiger partial charge < -0.3 is 4.90 Å². The predicted octanol–water partition coefficient (Wildman–Crippen LogP) is 3.74. The highest BCUT2D eigenvalue weighted by atomic mass is 79.9. The Morgan fingerprint density at radius 3 is 2.69 bits per heavy atom. The molecule has 0 aliphatic heterocycles. The van der Waals surface area contributed by atoms with Crippen molar-refractivity contribution in [1.29, 1.82) is 0 Å². The number of nitrogens with zero attached hydrogens (tertiary/aromatic N) is 1. The zero-order valence-corrected chi connectivity index (χ0v) is 11.6. The molecule has 0 aliphatic rings. The van der Waals surface area contributed by atoms with Crippen LogP contribution in [0.1, 0.15) is 30.6 Å². The molecule has 0 radical (unpaired) electrons. The number of halogens is 1. The third-order valence-corrected chi connectivity index (χ3v) is 3.06. The SMILES string of the molecule is CC(C)CCN(C)c1ccc(Br)cc1C=O. The van der Waals surface area contributed by atoms with E-state index in [1.165, 1.54) is 0 Å². The average molecular weight is 284 g/mol. The third-order valence-electron chi connectivity index (χ3n) is 2.57. The molecule has 0 bridgehead atoms. The molecule has 0 N–H and O–H groups in total. The molecule has 0 heterocycles. The molecule has 16 heavy (non-hydrogen) atoms. The summed E-state index contributed by atoms with van der Waals surface area (Å²) in [6.07, 6.45) is 2.04. The Hall–Kier alpha value is -0.830. The van der Waals surface area contributed by atoms with Crippen LogP contribution < -0.4 is 4.90 Å². The van der Waals surface area contributed by atoms with Crippen LogP contribution in [0.15, 0.2) is 22.7 Å². The van der Waals surface area contributed by atoms with Gasteiger partial charge in [0.05, 0.1) is 0 Å². The highest BCUT2D eigenvalue weighted by Gasteiger charge is 2.07. The summed E-state index contributed by atoms with van der Waals surface area (Å²) in [6, 6.07) is 5.80. The number of carbonyl (C=O) groups is 1. The summed E-state index contributed by atoms with van der Waals surface area (Å²) in [6.45, 7) is 5.38. The van der Waals surface area contributed by atoms with Crippen molar-refractivity contribution in [1.82, 2.24) is 0 Å². The van der Waals surface area contributed by atoms with Gasteiger partial charge in [-0.25, -0.2) is 0 Å². The van der Waals surface area contributed by atoms with E-state index in [2.05, 4.69) is 34.7 Å². The van der Waals surface area contributed by atoms with Gasteiger partial charge in [0.2, 0.25) is 0 Å². The van der Waals surface area contributed by atoms with Crippen molar-refractivity contribution in [3.8, 4) is 0 Å². The van der Waals surface area contributed by atoms with Crippen LogP contribution in [0.2, 0.25) is 0 Å². The Kier molecular flexibility index (Phi) is 5.00. The second kappa shape index (κ2) is 6.04. The summed E-state index contributed by atoms with van der Waals surface area (Å²) >= 11 is 3.37. The lowest BCUT2D eigenvalue weighted by Crippen LogP contribution is -2.21. The van der Waals surface area contributed by atoms with Gasteiger partial charge in [0.15, 0.2) is 6.29 Å². The van der Waals surface area contributed by atoms with E-state index in [1.54, 1.807) is 0 Å². The molecule has 2 nitrogen and oxygen atoms in total. The first-order valence-corrected chi connectivity index (χ1v) is 6.29. The molecule has 0 atom stereocenters. The van der Waals surface area contributed by atoms with Crippen molar-refractivity contribution < 1.29 is 4.79 Å². The smallest absolute Gasteiger partial charge is 0.152 e. The summed E-state index contributed by atoms with van der Waals surface area (Å²) < 4.78 is 0.940. The minimum Gasteiger partial charge on any atom is -0.374 e. The van der Waals surface area contributed by atoms with E-state index < -0.39 is 0 Å². The topological polar surface area (TPSA) is 20.3 Å². The van der Waals surface area contributed by atoms with E-state index >= 15 is 0 Å². The number of hydrogen-bond donors (Lipinski definition) is 0. The average Bonchev–Trinajstić information content (AvgIpc) is 2.25. The summed E-state index contributed by atoms with van der Waals surface area (Å²) in [5.41, 5.74) is 1.74. The number of carbonyl (C=O) groups excluding carboxylic acids is 1. The minimum absolute atomic E-state index is 0.678. The van der Waals surface area contributed by atoms with Crippen molar-refractivity contribution in [2.75, 3.05) is 18.5 Å². The zero-order valence-electron chi connectivity index (χ0n) is 10.0. The van der Waals surface area contributed by atoms with E-state index in [9.17, 15) is 4.79 Å². The number of benzene rings is 1. The Bertz CT molecular complexity index is 363. The van der Waals surface area contributed by atoms with E-state index in [-0.39, 0.29) is 0 Å². The summed E-state index contributed by atoms with van der Waals surface area (Å²) in [4.78, 5) is 13.1. The first kappa shape index (κ1) is 13.2. The van der Waals surface area contributed by atoms with Crippen molar-refractivity contribution >= 4 is 27.9 Å². The van der Waals surface area contributed by atoms with Crippen LogP contribution in [0.25, 0.3) is 0 Å². The minimum atomic E-state index is 0.678. The molecule has 0 saturated heterocycles. The molecule has 0 spiro atoms. The Morgan fingerprint density at radius 1 is 1.44 bits per heavy atom. The Labute approximate surface area is 106 Å². The van der Waals surface area contributed by atoms with Crippen molar-refractivity contribution in [3.05, 3.63) is 28.2 Å². The normalized spacial score (nSPS) is 10.6. The van der Waals surface area contributed by atoms with E-state index in [0.717, 1.165) is 35.0 Å². The maximum atomic E-state index is 11.0. The van der Waals surface area contributed by atoms with E-state index in [4.69, 9.17) is 0 Å². The molecule has 0 amide bonds. The molecule has 0 aromatic heterocycles. The lowest BCUT2D eigenvalue weighted by atomic mass is 10.1. The van der Waals surface area contributed by atoms with Crippen LogP contribution in [0.5, 0.6) is 0 Å². The fourth-order valence-corrected chi connectivity index (χ4v) is 1.92. The predicted molar refractivity (Wildman–Crippen MR) is 72.3 cm³/mol. The summed E-state index contributed by atoms with van der Waals surface area (Å²) in [5.74, 6) is 0.678. The zero-order chi connectivity index (χ0) is 12.1. The van der Waals surface area contributed by atoms with Gasteiger partial charge in [-0.2, -0.15) is 0 Å². The van der Waals surface area contributed by atoms with Gasteiger partial charge in [-0.1, -0.05) is 29.8 Å². The molecule has 88 valence electrons. The van der Waals surface area contributed by atoms with Crippen molar-refractivity contribution in [2.24, 2.45) is 5.92 Å². The van der Waals surface area contributed by atoms with Gasteiger partial charge in [-0.3, -0.25) is 4.79 Å². The third kappa shape index (κ3) is 3.63. The first-order valence-electron chi connectivity index (χ1n) is 5.50. The van der Waals surface area contributed by atoms with Crippen LogP contribution >= 0.6 is 15.9 Å². The molecular weight excluding hydrogens is 266 g/mol. The number of rotatable bonds is 5. The van der Waals surface area contributed by atoms with E-state index in [0.29, 0.717) is 5.92 Å². The van der Waals surface area contributed by atoms with Gasteiger partial charge in [-0.15, -0.1) is 0 Å². The van der Waals surface area contributed by atoms with Gasteiger partial charge in [0.25, 0.3) is 0 Å². The fraction of sp³-hybridized carbons (Fsp3) is 0.462. The fourth-order valence-electron chi connectivity index (χ4n) is 1.54. The van der Waals surface area contributed by atoms with Crippen LogP contribution in [-0.4, -0.2) is 19.9 Å². The van der Waals surface area contributed by atoms with Crippen LogP contribution in [0, 0.1) is 5.92 Å². The molecule has 1 rings (SSSR count). The second-order valence-corrected chi connectivity index (χ2v) is 5.34. The van der Waals surface area contributed by atoms with Crippen molar-refractivity contribution in [3.63, 3.8) is 0 Å². The van der Waals surface area contributed by atoms with Gasteiger partial charge >= 0.3 is 0 Å². The molecule has 0 unspecified atom stereocenters. The highest BCUT2D eigenvalue weighted by molar-refractivity contribution is 9.10. The monoisotopic (exact) mass is 283 g/mol. The largest absolute Gasteiger partial charge is 0.374 e. The molecule has 3 heteroatoms. The van der Waals surface area contributed by atoms with Gasteiger partial charge in [-0.05, 0) is 30.5 Å². The number of anilines is 1. The molecular formula is C13H18BrNO. The summed E-state index contributed by atoms with van der Waals surface area (Å²) in [5, 5.41) is 0. The van der Waals surface area contributed by atoms with Crippen LogP contribution in [0.3, 0.4) is 0 Å². The molecule has 0 saturated carbocycles. The lowest BCUT2D eigenvalue weighted by molar-refractivity contribution is 0.112. The maximum Gasteiger partial charge on any atom is 0.152 e. The standard InChI is InChI=1S/C13H18BrNO/c1-10(2)6-7-15(3)13-5-4-12(14)8-11(13)9-16/h4-5,8-10H,6-7H2,1-3H3. The second-order valence-electron chi connectivity index (χ2n) is 4.43. The molecule has 0 aliphatic carbocycles. The van der Waals surface area contributed by atoms with E-state index in [1.807, 2.05) is 25.2 Å².